The Morgan fingerprint density at radius 2 is 0.824 bits per heavy atom. The van der Waals surface area contributed by atoms with Gasteiger partial charge in [-0.15, -0.1) is 0 Å². The molecule has 8 nitrogen and oxygen atoms in total. The Labute approximate surface area is 426 Å². The molecule has 0 aliphatic heterocycles. The van der Waals surface area contributed by atoms with E-state index < -0.39 is 0 Å². The number of hydrogen-bond acceptors (Lipinski definition) is 5. The number of nitrogens with zero attached hydrogens (tertiary/aromatic N) is 8. The zero-order chi connectivity index (χ0) is 49.7. The zero-order valence-corrected chi connectivity index (χ0v) is 39.5. The lowest BCUT2D eigenvalue weighted by atomic mass is 9.98. The second-order valence-electron chi connectivity index (χ2n) is 18.1. The second-order valence-corrected chi connectivity index (χ2v) is 18.1. The standard InChI is InChI=1S/C66H38N8/c1-69-50-18-13-17-47(37-50)56-39-48(33-35-62(56)73-58-24-8-4-20-52(58)53-21-5-9-25-59(53)73)65-70-64(44-30-28-43(29-31-44)51-19-3-2-15-49(51)41-68)71-66(72-65)57-38-46(45-16-12-14-42(36-45)40-67)32-34-63(57)74-60-26-10-6-22-54(60)55-23-7-11-27-61(55)74/h2-39H. The number of fused-ring (bicyclic) bond motifs is 6. The number of hydrogen-bond donors (Lipinski definition) is 0. The maximum atomic E-state index is 9.99. The minimum atomic E-state index is 0.446. The molecule has 74 heavy (non-hydrogen) atoms. The summed E-state index contributed by atoms with van der Waals surface area (Å²) >= 11 is 0. The third-order valence-electron chi connectivity index (χ3n) is 13.9. The fourth-order valence-electron chi connectivity index (χ4n) is 10.5. The molecule has 0 unspecified atom stereocenters. The number of rotatable bonds is 8. The molecule has 0 saturated heterocycles. The van der Waals surface area contributed by atoms with Gasteiger partial charge in [0.25, 0.3) is 0 Å². The first-order valence-corrected chi connectivity index (χ1v) is 24.2. The fraction of sp³-hybridized carbons (Fsp3) is 0. The van der Waals surface area contributed by atoms with Crippen molar-refractivity contribution in [2.24, 2.45) is 0 Å². The van der Waals surface area contributed by atoms with E-state index in [2.05, 4.69) is 160 Å². The highest BCUT2D eigenvalue weighted by Crippen LogP contribution is 2.42. The molecule has 0 saturated carbocycles. The van der Waals surface area contributed by atoms with Crippen LogP contribution in [0.4, 0.5) is 5.69 Å². The van der Waals surface area contributed by atoms with Gasteiger partial charge >= 0.3 is 0 Å². The number of nitriles is 2. The molecule has 0 bridgehead atoms. The average molecular weight is 943 g/mol. The molecule has 13 aromatic rings. The van der Waals surface area contributed by atoms with E-state index in [1.165, 1.54) is 0 Å². The van der Waals surface area contributed by atoms with E-state index in [9.17, 15) is 10.5 Å². The van der Waals surface area contributed by atoms with E-state index in [1.54, 1.807) is 0 Å². The van der Waals surface area contributed by atoms with Gasteiger partial charge in [-0.2, -0.15) is 10.5 Å². The minimum absolute atomic E-state index is 0.446. The summed E-state index contributed by atoms with van der Waals surface area (Å²) in [5.41, 5.74) is 15.2. The molecule has 13 rings (SSSR count). The van der Waals surface area contributed by atoms with Gasteiger partial charge in [0.2, 0.25) is 0 Å². The Morgan fingerprint density at radius 3 is 1.43 bits per heavy atom. The van der Waals surface area contributed by atoms with Crippen LogP contribution in [0.3, 0.4) is 0 Å². The lowest BCUT2D eigenvalue weighted by Gasteiger charge is -2.18. The van der Waals surface area contributed by atoms with Crippen LogP contribution in [-0.2, 0) is 0 Å². The fourth-order valence-corrected chi connectivity index (χ4v) is 10.5. The van der Waals surface area contributed by atoms with Gasteiger partial charge in [0.05, 0.1) is 63.3 Å². The Balaban J connectivity index is 1.09. The third-order valence-corrected chi connectivity index (χ3v) is 13.9. The third kappa shape index (κ3) is 7.33. The minimum Gasteiger partial charge on any atom is -0.309 e. The zero-order valence-electron chi connectivity index (χ0n) is 39.5. The summed E-state index contributed by atoms with van der Waals surface area (Å²) in [5, 5.41) is 24.5. The molecule has 0 amide bonds. The van der Waals surface area contributed by atoms with E-state index in [1.807, 2.05) is 97.1 Å². The molecule has 0 spiro atoms. The molecule has 0 aliphatic carbocycles. The molecule has 8 heteroatoms. The van der Waals surface area contributed by atoms with Gasteiger partial charge in [0.15, 0.2) is 23.2 Å². The summed E-state index contributed by atoms with van der Waals surface area (Å²) in [7, 11) is 0. The Bertz CT molecular complexity index is 4430. The van der Waals surface area contributed by atoms with Crippen LogP contribution in [0, 0.1) is 29.2 Å². The number of aromatic nitrogens is 5. The van der Waals surface area contributed by atoms with Crippen molar-refractivity contribution >= 4 is 49.3 Å². The van der Waals surface area contributed by atoms with E-state index in [4.69, 9.17) is 21.5 Å². The van der Waals surface area contributed by atoms with Gasteiger partial charge in [-0.25, -0.2) is 19.8 Å². The first-order valence-electron chi connectivity index (χ1n) is 24.2. The highest BCUT2D eigenvalue weighted by atomic mass is 15.1. The van der Waals surface area contributed by atoms with Crippen LogP contribution in [0.25, 0.3) is 127 Å². The highest BCUT2D eigenvalue weighted by Gasteiger charge is 2.23. The first-order chi connectivity index (χ1) is 36.5. The summed E-state index contributed by atoms with van der Waals surface area (Å²) in [5.74, 6) is 1.35. The monoisotopic (exact) mass is 942 g/mol. The molecule has 0 radical (unpaired) electrons. The van der Waals surface area contributed by atoms with Crippen molar-refractivity contribution in [1.82, 2.24) is 24.1 Å². The Morgan fingerprint density at radius 1 is 0.351 bits per heavy atom. The Kier molecular flexibility index (Phi) is 10.5. The van der Waals surface area contributed by atoms with Gasteiger partial charge in [-0.1, -0.05) is 152 Å². The predicted octanol–water partition coefficient (Wildman–Crippen LogP) is 16.4. The lowest BCUT2D eigenvalue weighted by molar-refractivity contribution is 1.06. The Hall–Kier alpha value is -10.7. The lowest BCUT2D eigenvalue weighted by Crippen LogP contribution is -2.04. The molecule has 342 valence electrons. The van der Waals surface area contributed by atoms with Crippen molar-refractivity contribution in [1.29, 1.82) is 10.5 Å². The average Bonchev–Trinajstić information content (AvgIpc) is 4.03. The summed E-state index contributed by atoms with van der Waals surface area (Å²) in [6.07, 6.45) is 0. The van der Waals surface area contributed by atoms with Crippen LogP contribution in [0.1, 0.15) is 11.1 Å². The molecule has 3 heterocycles. The molecule has 3 aromatic heterocycles. The SMILES string of the molecule is [C-]#[N+]c1cccc(-c2cc(-c3nc(-c4ccc(-c5ccccc5C#N)cc4)nc(-c4cc(-c5cccc(C#N)c5)ccc4-n4c5ccccc5c5ccccc54)n3)ccc2-n2c3ccccc3c3ccccc32)c1. The normalized spacial score (nSPS) is 11.2. The van der Waals surface area contributed by atoms with E-state index in [-0.39, 0.29) is 0 Å². The van der Waals surface area contributed by atoms with E-state index >= 15 is 0 Å². The van der Waals surface area contributed by atoms with Gasteiger partial charge < -0.3 is 9.13 Å². The topological polar surface area (TPSA) is 100 Å². The van der Waals surface area contributed by atoms with Crippen molar-refractivity contribution < 1.29 is 0 Å². The van der Waals surface area contributed by atoms with Crippen molar-refractivity contribution in [3.05, 3.63) is 253 Å². The highest BCUT2D eigenvalue weighted by molar-refractivity contribution is 6.11. The maximum absolute atomic E-state index is 9.99. The largest absolute Gasteiger partial charge is 0.309 e. The van der Waals surface area contributed by atoms with Crippen LogP contribution in [-0.4, -0.2) is 24.1 Å². The number of para-hydroxylation sites is 4. The van der Waals surface area contributed by atoms with Crippen LogP contribution in [0.2, 0.25) is 0 Å². The van der Waals surface area contributed by atoms with E-state index in [0.717, 1.165) is 105 Å². The summed E-state index contributed by atoms with van der Waals surface area (Å²) < 4.78 is 4.58. The second kappa shape index (κ2) is 17.9. The van der Waals surface area contributed by atoms with Crippen molar-refractivity contribution in [2.75, 3.05) is 0 Å². The molecule has 0 fully saturated rings. The van der Waals surface area contributed by atoms with Crippen LogP contribution in [0.15, 0.2) is 231 Å². The van der Waals surface area contributed by atoms with Gasteiger partial charge in [-0.05, 0) is 107 Å². The quantitative estimate of drug-likeness (QED) is 0.141. The maximum Gasteiger partial charge on any atom is 0.187 e. The van der Waals surface area contributed by atoms with Crippen molar-refractivity contribution in [2.45, 2.75) is 0 Å². The van der Waals surface area contributed by atoms with Crippen LogP contribution >= 0.6 is 0 Å². The van der Waals surface area contributed by atoms with Crippen LogP contribution in [0.5, 0.6) is 0 Å². The summed E-state index contributed by atoms with van der Waals surface area (Å²) in [6.45, 7) is 7.99. The smallest absolute Gasteiger partial charge is 0.187 e. The molecule has 0 atom stereocenters. The molecular formula is C66H38N8. The van der Waals surface area contributed by atoms with Crippen molar-refractivity contribution in [3.63, 3.8) is 0 Å². The molecular weight excluding hydrogens is 905 g/mol. The summed E-state index contributed by atoms with van der Waals surface area (Å²) in [6, 6.07) is 82.0. The molecule has 0 N–H and O–H groups in total. The van der Waals surface area contributed by atoms with Crippen molar-refractivity contribution in [3.8, 4) is 91.1 Å². The van der Waals surface area contributed by atoms with Crippen LogP contribution < -0.4 is 0 Å². The molecule has 10 aromatic carbocycles. The summed E-state index contributed by atoms with van der Waals surface area (Å²) in [4.78, 5) is 20.0. The molecule has 0 aliphatic rings. The van der Waals surface area contributed by atoms with Gasteiger partial charge in [0.1, 0.15) is 0 Å². The first kappa shape index (κ1) is 43.3. The predicted molar refractivity (Wildman–Crippen MR) is 297 cm³/mol. The number of benzene rings is 10. The van der Waals surface area contributed by atoms with E-state index in [0.29, 0.717) is 34.3 Å². The van der Waals surface area contributed by atoms with Gasteiger partial charge in [0, 0.05) is 43.8 Å². The van der Waals surface area contributed by atoms with Gasteiger partial charge in [-0.3, -0.25) is 0 Å².